The van der Waals surface area contributed by atoms with Gasteiger partial charge < -0.3 is 10.6 Å². The van der Waals surface area contributed by atoms with Crippen molar-refractivity contribution >= 4 is 52.2 Å². The number of carbonyl (C=O) groups is 2. The molecule has 7 heteroatoms. The maximum atomic E-state index is 12.8. The van der Waals surface area contributed by atoms with Crippen LogP contribution in [-0.2, 0) is 4.79 Å². The average molecular weight is 364 g/mol. The number of anilines is 3. The standard InChI is InChI=1S/C17H15Cl2N3O2/c1-10-9-15(23)20-12-6-2-3-8-14(12)22(10)17(24)21-13-7-4-5-11(18)16(13)19/h2-8,10H,9H2,1H3,(H,20,23)(H,21,24)/t10-/m1/s1. The van der Waals surface area contributed by atoms with E-state index in [4.69, 9.17) is 23.2 Å². The molecule has 2 aromatic rings. The molecule has 0 saturated carbocycles. The molecule has 2 aromatic carbocycles. The molecular weight excluding hydrogens is 349 g/mol. The number of halogens is 2. The van der Waals surface area contributed by atoms with Crippen LogP contribution < -0.4 is 15.5 Å². The number of fused-ring (bicyclic) bond motifs is 1. The molecule has 1 aliphatic heterocycles. The van der Waals surface area contributed by atoms with Crippen LogP contribution in [0.4, 0.5) is 21.9 Å². The number of para-hydroxylation sites is 2. The summed E-state index contributed by atoms with van der Waals surface area (Å²) < 4.78 is 0. The van der Waals surface area contributed by atoms with Gasteiger partial charge >= 0.3 is 6.03 Å². The number of nitrogens with zero attached hydrogens (tertiary/aromatic N) is 1. The van der Waals surface area contributed by atoms with E-state index in [1.54, 1.807) is 41.3 Å². The van der Waals surface area contributed by atoms with E-state index in [1.807, 2.05) is 13.0 Å². The molecule has 2 N–H and O–H groups in total. The number of hydrogen-bond donors (Lipinski definition) is 2. The average Bonchev–Trinajstić information content (AvgIpc) is 2.66. The van der Waals surface area contributed by atoms with E-state index in [1.165, 1.54) is 0 Å². The van der Waals surface area contributed by atoms with Gasteiger partial charge in [-0.2, -0.15) is 0 Å². The zero-order chi connectivity index (χ0) is 17.3. The van der Waals surface area contributed by atoms with Crippen molar-refractivity contribution in [3.05, 3.63) is 52.5 Å². The molecule has 24 heavy (non-hydrogen) atoms. The summed E-state index contributed by atoms with van der Waals surface area (Å²) in [5, 5.41) is 6.21. The Labute approximate surface area is 149 Å². The maximum absolute atomic E-state index is 12.8. The van der Waals surface area contributed by atoms with Crippen LogP contribution in [0.5, 0.6) is 0 Å². The van der Waals surface area contributed by atoms with E-state index in [9.17, 15) is 9.59 Å². The Kier molecular flexibility index (Phi) is 4.64. The third-order valence-corrected chi connectivity index (χ3v) is 4.59. The second-order valence-corrected chi connectivity index (χ2v) is 6.31. The predicted molar refractivity (Wildman–Crippen MR) is 97.1 cm³/mol. The molecule has 124 valence electrons. The SMILES string of the molecule is C[C@@H]1CC(=O)Nc2ccccc2N1C(=O)Nc1cccc(Cl)c1Cl. The first-order valence-electron chi connectivity index (χ1n) is 7.40. The van der Waals surface area contributed by atoms with Crippen molar-refractivity contribution in [1.82, 2.24) is 0 Å². The van der Waals surface area contributed by atoms with Crippen molar-refractivity contribution in [2.24, 2.45) is 0 Å². The monoisotopic (exact) mass is 363 g/mol. The smallest absolute Gasteiger partial charge is 0.324 e. The Hall–Kier alpha value is -2.24. The van der Waals surface area contributed by atoms with Gasteiger partial charge in [0, 0.05) is 12.5 Å². The summed E-state index contributed by atoms with van der Waals surface area (Å²) in [5.41, 5.74) is 1.65. The lowest BCUT2D eigenvalue weighted by Gasteiger charge is -2.28. The van der Waals surface area contributed by atoms with Gasteiger partial charge in [0.05, 0.1) is 27.1 Å². The first-order chi connectivity index (χ1) is 11.5. The van der Waals surface area contributed by atoms with Crippen molar-refractivity contribution in [2.45, 2.75) is 19.4 Å². The van der Waals surface area contributed by atoms with E-state index in [2.05, 4.69) is 10.6 Å². The number of amides is 3. The second-order valence-electron chi connectivity index (χ2n) is 5.52. The van der Waals surface area contributed by atoms with Crippen molar-refractivity contribution in [2.75, 3.05) is 15.5 Å². The molecule has 0 bridgehead atoms. The van der Waals surface area contributed by atoms with Gasteiger partial charge in [0.2, 0.25) is 5.91 Å². The van der Waals surface area contributed by atoms with Gasteiger partial charge in [-0.1, -0.05) is 41.4 Å². The highest BCUT2D eigenvalue weighted by Gasteiger charge is 2.29. The molecule has 0 aliphatic carbocycles. The number of hydrogen-bond acceptors (Lipinski definition) is 2. The Balaban J connectivity index is 1.96. The van der Waals surface area contributed by atoms with E-state index < -0.39 is 0 Å². The lowest BCUT2D eigenvalue weighted by Crippen LogP contribution is -2.41. The topological polar surface area (TPSA) is 61.4 Å². The van der Waals surface area contributed by atoms with Crippen molar-refractivity contribution < 1.29 is 9.59 Å². The molecule has 1 heterocycles. The predicted octanol–water partition coefficient (Wildman–Crippen LogP) is 4.76. The molecule has 0 saturated heterocycles. The molecule has 0 unspecified atom stereocenters. The van der Waals surface area contributed by atoms with Crippen LogP contribution in [0.2, 0.25) is 10.0 Å². The van der Waals surface area contributed by atoms with Crippen LogP contribution in [-0.4, -0.2) is 18.0 Å². The van der Waals surface area contributed by atoms with Gasteiger partial charge in [-0.25, -0.2) is 4.79 Å². The highest BCUT2D eigenvalue weighted by Crippen LogP contribution is 2.33. The molecule has 3 rings (SSSR count). The van der Waals surface area contributed by atoms with Crippen molar-refractivity contribution in [1.29, 1.82) is 0 Å². The van der Waals surface area contributed by atoms with Crippen molar-refractivity contribution in [3.63, 3.8) is 0 Å². The second kappa shape index (κ2) is 6.71. The van der Waals surface area contributed by atoms with Crippen LogP contribution in [0.3, 0.4) is 0 Å². The number of benzene rings is 2. The molecule has 0 spiro atoms. The summed E-state index contributed by atoms with van der Waals surface area (Å²) in [6.45, 7) is 1.82. The van der Waals surface area contributed by atoms with Crippen LogP contribution in [0.25, 0.3) is 0 Å². The summed E-state index contributed by atoms with van der Waals surface area (Å²) in [6.07, 6.45) is 0.200. The third-order valence-electron chi connectivity index (χ3n) is 3.77. The van der Waals surface area contributed by atoms with Crippen molar-refractivity contribution in [3.8, 4) is 0 Å². The molecular formula is C17H15Cl2N3O2. The maximum Gasteiger partial charge on any atom is 0.326 e. The lowest BCUT2D eigenvalue weighted by molar-refractivity contribution is -0.116. The van der Waals surface area contributed by atoms with E-state index in [-0.39, 0.29) is 29.4 Å². The third kappa shape index (κ3) is 3.18. The first kappa shape index (κ1) is 16.6. The molecule has 1 aliphatic rings. The van der Waals surface area contributed by atoms with Gasteiger partial charge in [0.15, 0.2) is 0 Å². The highest BCUT2D eigenvalue weighted by molar-refractivity contribution is 6.44. The zero-order valence-electron chi connectivity index (χ0n) is 12.8. The lowest BCUT2D eigenvalue weighted by atomic mass is 10.2. The van der Waals surface area contributed by atoms with Crippen LogP contribution in [0.1, 0.15) is 13.3 Å². The molecule has 1 atom stereocenters. The summed E-state index contributed by atoms with van der Waals surface area (Å²) in [4.78, 5) is 26.4. The van der Waals surface area contributed by atoms with Crippen LogP contribution >= 0.6 is 23.2 Å². The van der Waals surface area contributed by atoms with Crippen LogP contribution in [0.15, 0.2) is 42.5 Å². The zero-order valence-corrected chi connectivity index (χ0v) is 14.4. The molecule has 0 fully saturated rings. The fourth-order valence-corrected chi connectivity index (χ4v) is 3.02. The summed E-state index contributed by atoms with van der Waals surface area (Å²) in [6, 6.07) is 11.5. The minimum Gasteiger partial charge on any atom is -0.324 e. The van der Waals surface area contributed by atoms with Crippen LogP contribution in [0, 0.1) is 0 Å². The normalized spacial score (nSPS) is 16.9. The van der Waals surface area contributed by atoms with E-state index >= 15 is 0 Å². The Morgan fingerprint density at radius 2 is 1.96 bits per heavy atom. The van der Waals surface area contributed by atoms with E-state index in [0.29, 0.717) is 22.1 Å². The summed E-state index contributed by atoms with van der Waals surface area (Å²) in [7, 11) is 0. The number of nitrogens with one attached hydrogen (secondary N) is 2. The Morgan fingerprint density at radius 1 is 1.21 bits per heavy atom. The first-order valence-corrected chi connectivity index (χ1v) is 8.16. The van der Waals surface area contributed by atoms with Gasteiger partial charge in [-0.05, 0) is 31.2 Å². The fraction of sp³-hybridized carbons (Fsp3) is 0.176. The van der Waals surface area contributed by atoms with E-state index in [0.717, 1.165) is 0 Å². The number of urea groups is 1. The minimum atomic E-state index is -0.379. The molecule has 3 amide bonds. The largest absolute Gasteiger partial charge is 0.326 e. The highest BCUT2D eigenvalue weighted by atomic mass is 35.5. The van der Waals surface area contributed by atoms with Gasteiger partial charge in [-0.15, -0.1) is 0 Å². The van der Waals surface area contributed by atoms with Gasteiger partial charge in [-0.3, -0.25) is 9.69 Å². The minimum absolute atomic E-state index is 0.133. The number of carbonyl (C=O) groups excluding carboxylic acids is 2. The Morgan fingerprint density at radius 3 is 2.75 bits per heavy atom. The summed E-state index contributed by atoms with van der Waals surface area (Å²) in [5.74, 6) is -0.133. The fourth-order valence-electron chi connectivity index (χ4n) is 2.67. The molecule has 0 radical (unpaired) electrons. The summed E-state index contributed by atoms with van der Waals surface area (Å²) >= 11 is 12.1. The van der Waals surface area contributed by atoms with Gasteiger partial charge in [0.25, 0.3) is 0 Å². The quantitative estimate of drug-likeness (QED) is 0.766. The Bertz CT molecular complexity index is 810. The number of rotatable bonds is 1. The molecule has 5 nitrogen and oxygen atoms in total. The molecule has 0 aromatic heterocycles. The van der Waals surface area contributed by atoms with Gasteiger partial charge in [0.1, 0.15) is 0 Å².